The van der Waals surface area contributed by atoms with Crippen LogP contribution in [0.4, 0.5) is 0 Å². The minimum absolute atomic E-state index is 0.00456. The van der Waals surface area contributed by atoms with Crippen LogP contribution in [0.5, 0.6) is 0 Å². The lowest BCUT2D eigenvalue weighted by atomic mass is 10.1. The van der Waals surface area contributed by atoms with Gasteiger partial charge in [0.1, 0.15) is 12.1 Å². The Morgan fingerprint density at radius 1 is 0.589 bits per heavy atom. The molecule has 0 aliphatic carbocycles. The molecule has 0 saturated carbocycles. The lowest BCUT2D eigenvalue weighted by molar-refractivity contribution is -0.154. The second kappa shape index (κ2) is 40.9. The van der Waals surface area contributed by atoms with E-state index >= 15 is 0 Å². The molecule has 0 spiro atoms. The predicted octanol–water partition coefficient (Wildman–Crippen LogP) is 12.0. The van der Waals surface area contributed by atoms with Crippen molar-refractivity contribution in [2.75, 3.05) is 26.4 Å². The molecule has 4 N–H and O–H groups in total. The van der Waals surface area contributed by atoms with Crippen molar-refractivity contribution >= 4 is 19.8 Å². The van der Waals surface area contributed by atoms with E-state index in [0.29, 0.717) is 13.0 Å². The number of nitrogens with two attached hydrogens (primary N) is 1. The monoisotopic (exact) mass is 810 g/mol. The molecule has 0 aromatic carbocycles. The Morgan fingerprint density at radius 2 is 1.04 bits per heavy atom. The van der Waals surface area contributed by atoms with Crippen molar-refractivity contribution in [2.45, 2.75) is 187 Å². The highest BCUT2D eigenvalue weighted by Gasteiger charge is 2.27. The number of esters is 1. The van der Waals surface area contributed by atoms with Gasteiger partial charge in [-0.3, -0.25) is 18.6 Å². The van der Waals surface area contributed by atoms with Crippen LogP contribution < -0.4 is 5.73 Å². The maximum atomic E-state index is 12.6. The molecule has 56 heavy (non-hydrogen) atoms. The fraction of sp³-hybridized carbons (Fsp3) is 0.733. The third kappa shape index (κ3) is 39.9. The summed E-state index contributed by atoms with van der Waals surface area (Å²) in [5.74, 6) is -1.80. The third-order valence-electron chi connectivity index (χ3n) is 9.03. The maximum Gasteiger partial charge on any atom is 0.472 e. The van der Waals surface area contributed by atoms with Gasteiger partial charge < -0.3 is 25.2 Å². The average molecular weight is 810 g/mol. The zero-order valence-electron chi connectivity index (χ0n) is 35.2. The summed E-state index contributed by atoms with van der Waals surface area (Å²) in [5.41, 5.74) is 5.35. The molecule has 0 heterocycles. The van der Waals surface area contributed by atoms with E-state index in [1.165, 1.54) is 57.8 Å². The number of carbonyl (C=O) groups is 2. The second-order valence-electron chi connectivity index (χ2n) is 14.4. The van der Waals surface area contributed by atoms with E-state index in [4.69, 9.17) is 29.4 Å². The summed E-state index contributed by atoms with van der Waals surface area (Å²) in [5, 5.41) is 8.89. The van der Waals surface area contributed by atoms with E-state index in [1.54, 1.807) is 0 Å². The Hall–Kier alpha value is -2.33. The molecule has 10 nitrogen and oxygen atoms in total. The smallest absolute Gasteiger partial charge is 0.472 e. The lowest BCUT2D eigenvalue weighted by Crippen LogP contribution is -2.34. The van der Waals surface area contributed by atoms with E-state index in [9.17, 15) is 19.0 Å². The highest BCUT2D eigenvalue weighted by atomic mass is 31.2. The van der Waals surface area contributed by atoms with E-state index in [2.05, 4.69) is 74.6 Å². The van der Waals surface area contributed by atoms with Crippen LogP contribution in [0.2, 0.25) is 0 Å². The van der Waals surface area contributed by atoms with Gasteiger partial charge in [-0.25, -0.2) is 4.57 Å². The van der Waals surface area contributed by atoms with Gasteiger partial charge in [-0.1, -0.05) is 152 Å². The summed E-state index contributed by atoms with van der Waals surface area (Å²) in [6, 6.07) is -1.48. The quantitative estimate of drug-likeness (QED) is 0.0235. The molecule has 0 rings (SSSR count). The van der Waals surface area contributed by atoms with Crippen LogP contribution in [0.25, 0.3) is 0 Å². The Labute approximate surface area is 341 Å². The SMILES string of the molecule is CC/C=C\C/C=C\C/C=C\C/C=C\CCCCCCCCC(=O)OC(COCCCCCCCC/C=C\CCCCCCC)COP(=O)(O)OCC(N)C(=O)O. The largest absolute Gasteiger partial charge is 0.480 e. The maximum absolute atomic E-state index is 12.6. The number of unbranched alkanes of at least 4 members (excludes halogenated alkanes) is 17. The highest BCUT2D eigenvalue weighted by molar-refractivity contribution is 7.47. The van der Waals surface area contributed by atoms with Gasteiger partial charge in [0.2, 0.25) is 0 Å². The van der Waals surface area contributed by atoms with Gasteiger partial charge in [-0.2, -0.15) is 0 Å². The minimum Gasteiger partial charge on any atom is -0.480 e. The van der Waals surface area contributed by atoms with Crippen molar-refractivity contribution in [1.82, 2.24) is 0 Å². The van der Waals surface area contributed by atoms with Gasteiger partial charge in [-0.05, 0) is 77.0 Å². The van der Waals surface area contributed by atoms with Crippen LogP contribution in [0, 0.1) is 0 Å². The molecule has 0 aliphatic heterocycles. The fourth-order valence-corrected chi connectivity index (χ4v) is 6.43. The van der Waals surface area contributed by atoms with Crippen LogP contribution in [0.15, 0.2) is 60.8 Å². The van der Waals surface area contributed by atoms with Crippen molar-refractivity contribution in [2.24, 2.45) is 5.73 Å². The highest BCUT2D eigenvalue weighted by Crippen LogP contribution is 2.43. The third-order valence-corrected chi connectivity index (χ3v) is 9.98. The second-order valence-corrected chi connectivity index (χ2v) is 15.9. The van der Waals surface area contributed by atoms with E-state index in [1.807, 2.05) is 0 Å². The van der Waals surface area contributed by atoms with Gasteiger partial charge in [0, 0.05) is 13.0 Å². The van der Waals surface area contributed by atoms with Crippen LogP contribution in [0.1, 0.15) is 174 Å². The molecule has 0 bridgehead atoms. The number of aliphatic carboxylic acids is 1. The van der Waals surface area contributed by atoms with E-state index in [-0.39, 0.29) is 13.0 Å². The molecule has 0 aromatic rings. The normalized spacial score (nSPS) is 14.5. The van der Waals surface area contributed by atoms with Crippen molar-refractivity contribution in [3.8, 4) is 0 Å². The van der Waals surface area contributed by atoms with Crippen molar-refractivity contribution in [1.29, 1.82) is 0 Å². The first-order valence-electron chi connectivity index (χ1n) is 21.8. The summed E-state index contributed by atoms with van der Waals surface area (Å²) < 4.78 is 33.3. The molecule has 0 radical (unpaired) electrons. The van der Waals surface area contributed by atoms with Crippen molar-refractivity contribution in [3.63, 3.8) is 0 Å². The topological polar surface area (TPSA) is 155 Å². The van der Waals surface area contributed by atoms with E-state index < -0.39 is 45.1 Å². The van der Waals surface area contributed by atoms with Gasteiger partial charge in [-0.15, -0.1) is 0 Å². The number of rotatable bonds is 41. The van der Waals surface area contributed by atoms with Crippen molar-refractivity contribution in [3.05, 3.63) is 60.8 Å². The number of ether oxygens (including phenoxy) is 2. The molecule has 0 amide bonds. The lowest BCUT2D eigenvalue weighted by Gasteiger charge is -2.20. The number of carboxylic acid groups (broad SMARTS) is 1. The first kappa shape index (κ1) is 53.7. The summed E-state index contributed by atoms with van der Waals surface area (Å²) >= 11 is 0. The minimum atomic E-state index is -4.62. The number of allylic oxidation sites excluding steroid dienone is 10. The Morgan fingerprint density at radius 3 is 1.57 bits per heavy atom. The molecule has 3 atom stereocenters. The number of phosphoric acid groups is 1. The number of carboxylic acids is 1. The number of hydrogen-bond acceptors (Lipinski definition) is 8. The predicted molar refractivity (Wildman–Crippen MR) is 231 cm³/mol. The number of hydrogen-bond donors (Lipinski definition) is 3. The summed E-state index contributed by atoms with van der Waals surface area (Å²) in [6.45, 7) is 3.72. The molecule has 0 aliphatic rings. The van der Waals surface area contributed by atoms with Crippen LogP contribution in [0.3, 0.4) is 0 Å². The van der Waals surface area contributed by atoms with Gasteiger partial charge in [0.25, 0.3) is 0 Å². The molecular weight excluding hydrogens is 729 g/mol. The molecule has 0 saturated heterocycles. The zero-order valence-corrected chi connectivity index (χ0v) is 36.1. The molecule has 324 valence electrons. The first-order valence-corrected chi connectivity index (χ1v) is 23.3. The van der Waals surface area contributed by atoms with Crippen LogP contribution in [-0.4, -0.2) is 60.5 Å². The van der Waals surface area contributed by atoms with Crippen LogP contribution in [-0.2, 0) is 32.7 Å². The standard InChI is InChI=1S/C45H80NO9P/c1-3-5-7-9-11-13-15-17-19-20-21-22-23-25-27-29-31-33-35-37-44(47)55-42(40-53-56(50,51)54-41-43(46)45(48)49)39-52-38-36-34-32-30-28-26-24-18-16-14-12-10-8-6-4-2/h5,7,11,13,16-19,21-22,42-43H,3-4,6,8-10,12,14-15,20,23-41,46H2,1-2H3,(H,48,49)(H,50,51)/b7-5-,13-11-,18-16-,19-17-,22-21-. The summed E-state index contributed by atoms with van der Waals surface area (Å²) in [7, 11) is -4.62. The van der Waals surface area contributed by atoms with Gasteiger partial charge in [0.15, 0.2) is 0 Å². The Bertz CT molecular complexity index is 1120. The van der Waals surface area contributed by atoms with Gasteiger partial charge >= 0.3 is 19.8 Å². The summed E-state index contributed by atoms with van der Waals surface area (Å²) in [6.07, 6.45) is 48.4. The first-order chi connectivity index (χ1) is 27.2. The number of phosphoric ester groups is 1. The molecule has 0 fully saturated rings. The molecule has 0 aromatic heterocycles. The van der Waals surface area contributed by atoms with E-state index in [0.717, 1.165) is 89.9 Å². The molecule has 3 unspecified atom stereocenters. The van der Waals surface area contributed by atoms with Crippen molar-refractivity contribution < 1.29 is 42.7 Å². The van der Waals surface area contributed by atoms with Crippen LogP contribution >= 0.6 is 7.82 Å². The van der Waals surface area contributed by atoms with Gasteiger partial charge in [0.05, 0.1) is 19.8 Å². The Kier molecular flexibility index (Phi) is 39.2. The summed E-state index contributed by atoms with van der Waals surface area (Å²) in [4.78, 5) is 33.5. The number of carbonyl (C=O) groups excluding carboxylic acids is 1. The average Bonchev–Trinajstić information content (AvgIpc) is 3.18. The molecule has 11 heteroatoms. The fourth-order valence-electron chi connectivity index (χ4n) is 5.65. The Balaban J connectivity index is 4.28. The zero-order chi connectivity index (χ0) is 41.2. The molecular formula is C45H80NO9P.